The Morgan fingerprint density at radius 2 is 1.78 bits per heavy atom. The van der Waals surface area contributed by atoms with Crippen molar-refractivity contribution in [3.8, 4) is 0 Å². The first kappa shape index (κ1) is 15.0. The molecule has 0 spiro atoms. The van der Waals surface area contributed by atoms with E-state index in [9.17, 15) is 17.6 Å². The Bertz CT molecular complexity index is 414. The minimum Gasteiger partial charge on any atom is -0.327 e. The largest absolute Gasteiger partial charge is 0.416 e. The monoisotopic (exact) mass is 263 g/mol. The van der Waals surface area contributed by atoms with Crippen LogP contribution in [-0.4, -0.2) is 6.54 Å². The number of hydrogen-bond acceptors (Lipinski definition) is 1. The van der Waals surface area contributed by atoms with Crippen molar-refractivity contribution in [3.63, 3.8) is 0 Å². The standard InChI is InChI=1S/C13H17F4N/c1-3-6-12(14,8-18)11-5-4-10(7-9(11)2)13(15,16)17/h4-5,7H,3,6,8,18H2,1-2H3. The van der Waals surface area contributed by atoms with E-state index in [1.54, 1.807) is 0 Å². The van der Waals surface area contributed by atoms with Gasteiger partial charge in [0.25, 0.3) is 0 Å². The molecule has 0 radical (unpaired) electrons. The van der Waals surface area contributed by atoms with Crippen molar-refractivity contribution in [2.24, 2.45) is 5.73 Å². The molecule has 1 unspecified atom stereocenters. The number of rotatable bonds is 4. The van der Waals surface area contributed by atoms with Gasteiger partial charge >= 0.3 is 6.18 Å². The number of benzene rings is 1. The Morgan fingerprint density at radius 3 is 2.17 bits per heavy atom. The van der Waals surface area contributed by atoms with E-state index >= 15 is 0 Å². The van der Waals surface area contributed by atoms with Crippen molar-refractivity contribution in [2.45, 2.75) is 38.5 Å². The van der Waals surface area contributed by atoms with Gasteiger partial charge in [-0.05, 0) is 36.6 Å². The molecular weight excluding hydrogens is 246 g/mol. The molecule has 0 bridgehead atoms. The summed E-state index contributed by atoms with van der Waals surface area (Å²) in [6.07, 6.45) is -3.63. The first-order chi connectivity index (χ1) is 8.24. The lowest BCUT2D eigenvalue weighted by Crippen LogP contribution is -2.31. The second-order valence-corrected chi connectivity index (χ2v) is 4.45. The van der Waals surface area contributed by atoms with Crippen LogP contribution in [-0.2, 0) is 11.8 Å². The van der Waals surface area contributed by atoms with Gasteiger partial charge < -0.3 is 5.73 Å². The summed E-state index contributed by atoms with van der Waals surface area (Å²) in [6, 6.07) is 3.07. The highest BCUT2D eigenvalue weighted by molar-refractivity contribution is 5.36. The molecule has 0 aliphatic rings. The maximum Gasteiger partial charge on any atom is 0.416 e. The third-order valence-electron chi connectivity index (χ3n) is 3.01. The zero-order valence-electron chi connectivity index (χ0n) is 10.4. The highest BCUT2D eigenvalue weighted by Gasteiger charge is 2.34. The minimum absolute atomic E-state index is 0.204. The van der Waals surface area contributed by atoms with Crippen molar-refractivity contribution in [1.29, 1.82) is 0 Å². The van der Waals surface area contributed by atoms with Gasteiger partial charge in [-0.2, -0.15) is 13.2 Å². The van der Waals surface area contributed by atoms with Crippen molar-refractivity contribution in [1.82, 2.24) is 0 Å². The van der Waals surface area contributed by atoms with Crippen LogP contribution in [0.1, 0.15) is 36.5 Å². The Hall–Kier alpha value is -1.10. The summed E-state index contributed by atoms with van der Waals surface area (Å²) < 4.78 is 52.1. The molecular formula is C13H17F4N. The van der Waals surface area contributed by atoms with E-state index in [0.29, 0.717) is 6.42 Å². The van der Waals surface area contributed by atoms with Crippen LogP contribution in [0.2, 0.25) is 0 Å². The molecule has 0 aliphatic carbocycles. The van der Waals surface area contributed by atoms with Crippen molar-refractivity contribution in [3.05, 3.63) is 34.9 Å². The molecule has 1 aromatic carbocycles. The number of halogens is 4. The van der Waals surface area contributed by atoms with E-state index in [4.69, 9.17) is 5.73 Å². The summed E-state index contributed by atoms with van der Waals surface area (Å²) in [5.41, 5.74) is 3.44. The van der Waals surface area contributed by atoms with Crippen LogP contribution in [0.5, 0.6) is 0 Å². The van der Waals surface area contributed by atoms with Gasteiger partial charge in [-0.1, -0.05) is 19.4 Å². The number of hydrogen-bond donors (Lipinski definition) is 1. The van der Waals surface area contributed by atoms with Crippen LogP contribution >= 0.6 is 0 Å². The highest BCUT2D eigenvalue weighted by atomic mass is 19.4. The van der Waals surface area contributed by atoms with E-state index in [2.05, 4.69) is 0 Å². The second kappa shape index (κ2) is 5.26. The molecule has 0 aliphatic heterocycles. The molecule has 0 saturated carbocycles. The predicted octanol–water partition coefficient (Wildman–Crippen LogP) is 3.94. The Balaban J connectivity index is 3.20. The van der Waals surface area contributed by atoms with Gasteiger partial charge in [0.1, 0.15) is 5.67 Å². The van der Waals surface area contributed by atoms with Crippen LogP contribution in [0.25, 0.3) is 0 Å². The van der Waals surface area contributed by atoms with E-state index < -0.39 is 17.4 Å². The van der Waals surface area contributed by atoms with E-state index in [-0.39, 0.29) is 24.1 Å². The van der Waals surface area contributed by atoms with Crippen LogP contribution in [0.3, 0.4) is 0 Å². The molecule has 1 aromatic rings. The van der Waals surface area contributed by atoms with E-state index in [1.807, 2.05) is 6.92 Å². The fourth-order valence-electron chi connectivity index (χ4n) is 2.09. The minimum atomic E-state index is -4.41. The maximum absolute atomic E-state index is 14.5. The average molecular weight is 263 g/mol. The van der Waals surface area contributed by atoms with Gasteiger partial charge in [0.15, 0.2) is 0 Å². The Labute approximate surface area is 104 Å². The molecule has 18 heavy (non-hydrogen) atoms. The molecule has 0 amide bonds. The molecule has 1 rings (SSSR count). The molecule has 0 saturated heterocycles. The van der Waals surface area contributed by atoms with Gasteiger partial charge in [0.2, 0.25) is 0 Å². The predicted molar refractivity (Wildman–Crippen MR) is 62.9 cm³/mol. The van der Waals surface area contributed by atoms with Crippen molar-refractivity contribution < 1.29 is 17.6 Å². The zero-order chi connectivity index (χ0) is 14.0. The molecule has 2 N–H and O–H groups in total. The highest BCUT2D eigenvalue weighted by Crippen LogP contribution is 2.36. The topological polar surface area (TPSA) is 26.0 Å². The molecule has 0 heterocycles. The van der Waals surface area contributed by atoms with Crippen LogP contribution in [0, 0.1) is 6.92 Å². The van der Waals surface area contributed by atoms with Gasteiger partial charge in [-0.3, -0.25) is 0 Å². The maximum atomic E-state index is 14.5. The lowest BCUT2D eigenvalue weighted by molar-refractivity contribution is -0.137. The summed E-state index contributed by atoms with van der Waals surface area (Å²) >= 11 is 0. The lowest BCUT2D eigenvalue weighted by atomic mass is 9.87. The summed E-state index contributed by atoms with van der Waals surface area (Å²) in [7, 11) is 0. The summed E-state index contributed by atoms with van der Waals surface area (Å²) in [6.45, 7) is 3.06. The normalized spacial score (nSPS) is 15.5. The van der Waals surface area contributed by atoms with E-state index in [1.165, 1.54) is 13.0 Å². The second-order valence-electron chi connectivity index (χ2n) is 4.45. The fraction of sp³-hybridized carbons (Fsp3) is 0.538. The van der Waals surface area contributed by atoms with Crippen LogP contribution < -0.4 is 5.73 Å². The van der Waals surface area contributed by atoms with Crippen LogP contribution in [0.15, 0.2) is 18.2 Å². The molecule has 0 aromatic heterocycles. The quantitative estimate of drug-likeness (QED) is 0.818. The molecule has 0 fully saturated rings. The Morgan fingerprint density at radius 1 is 1.17 bits per heavy atom. The Kier molecular flexibility index (Phi) is 4.37. The fourth-order valence-corrected chi connectivity index (χ4v) is 2.09. The van der Waals surface area contributed by atoms with E-state index in [0.717, 1.165) is 12.1 Å². The first-order valence-corrected chi connectivity index (χ1v) is 5.82. The third-order valence-corrected chi connectivity index (χ3v) is 3.01. The van der Waals surface area contributed by atoms with Crippen LogP contribution in [0.4, 0.5) is 17.6 Å². The number of alkyl halides is 4. The number of nitrogens with two attached hydrogens (primary N) is 1. The lowest BCUT2D eigenvalue weighted by Gasteiger charge is -2.26. The average Bonchev–Trinajstić information content (AvgIpc) is 2.27. The van der Waals surface area contributed by atoms with Gasteiger partial charge in [-0.15, -0.1) is 0 Å². The molecule has 5 heteroatoms. The summed E-state index contributed by atoms with van der Waals surface area (Å²) in [5.74, 6) is 0. The van der Waals surface area contributed by atoms with Crippen molar-refractivity contribution >= 4 is 0 Å². The SMILES string of the molecule is CCCC(F)(CN)c1ccc(C(F)(F)F)cc1C. The van der Waals surface area contributed by atoms with Crippen molar-refractivity contribution in [2.75, 3.05) is 6.54 Å². The number of aryl methyl sites for hydroxylation is 1. The molecule has 1 nitrogen and oxygen atoms in total. The third kappa shape index (κ3) is 3.02. The summed E-state index contributed by atoms with van der Waals surface area (Å²) in [4.78, 5) is 0. The summed E-state index contributed by atoms with van der Waals surface area (Å²) in [5, 5.41) is 0. The molecule has 102 valence electrons. The smallest absolute Gasteiger partial charge is 0.327 e. The zero-order valence-corrected chi connectivity index (χ0v) is 10.4. The molecule has 1 atom stereocenters. The van der Waals surface area contributed by atoms with Gasteiger partial charge in [0.05, 0.1) is 5.56 Å². The van der Waals surface area contributed by atoms with Gasteiger partial charge in [0, 0.05) is 6.54 Å². The first-order valence-electron chi connectivity index (χ1n) is 5.82. The van der Waals surface area contributed by atoms with Gasteiger partial charge in [-0.25, -0.2) is 4.39 Å².